The monoisotopic (exact) mass is 476 g/mol. The third kappa shape index (κ3) is 4.55. The summed E-state index contributed by atoms with van der Waals surface area (Å²) < 4.78 is 29.1. The number of sulfonamides is 1. The van der Waals surface area contributed by atoms with Gasteiger partial charge in [0, 0.05) is 23.7 Å². The van der Waals surface area contributed by atoms with Gasteiger partial charge in [0.15, 0.2) is 0 Å². The van der Waals surface area contributed by atoms with E-state index in [0.29, 0.717) is 16.9 Å². The zero-order valence-corrected chi connectivity index (χ0v) is 20.2. The van der Waals surface area contributed by atoms with E-state index in [-0.39, 0.29) is 9.77 Å². The van der Waals surface area contributed by atoms with Crippen molar-refractivity contribution in [2.24, 2.45) is 0 Å². The van der Waals surface area contributed by atoms with Crippen molar-refractivity contribution in [2.45, 2.75) is 18.7 Å². The van der Waals surface area contributed by atoms with Crippen molar-refractivity contribution in [3.8, 4) is 11.1 Å². The van der Waals surface area contributed by atoms with Crippen molar-refractivity contribution in [2.75, 3.05) is 16.7 Å². The van der Waals surface area contributed by atoms with Gasteiger partial charge in [-0.25, -0.2) is 8.42 Å². The summed E-state index contributed by atoms with van der Waals surface area (Å²) in [6.45, 7) is 3.92. The fourth-order valence-corrected chi connectivity index (χ4v) is 6.33. The first kappa shape index (κ1) is 22.8. The number of aryl methyl sites for hydroxylation is 2. The minimum atomic E-state index is -4.04. The smallest absolute Gasteiger partial charge is 0.267 e. The maximum Gasteiger partial charge on any atom is 0.267 e. The first-order valence-corrected chi connectivity index (χ1v) is 12.7. The molecule has 0 unspecified atom stereocenters. The van der Waals surface area contributed by atoms with Gasteiger partial charge in [-0.1, -0.05) is 54.6 Å². The van der Waals surface area contributed by atoms with Crippen LogP contribution in [0.1, 0.15) is 20.8 Å². The summed E-state index contributed by atoms with van der Waals surface area (Å²) in [4.78, 5) is 13.4. The third-order valence-electron chi connectivity index (χ3n) is 5.54. The average Bonchev–Trinajstić information content (AvgIpc) is 3.28. The molecule has 0 aliphatic carbocycles. The van der Waals surface area contributed by atoms with E-state index >= 15 is 0 Å². The molecule has 0 atom stereocenters. The van der Waals surface area contributed by atoms with Crippen LogP contribution in [0.3, 0.4) is 0 Å². The molecule has 4 rings (SSSR count). The van der Waals surface area contributed by atoms with Gasteiger partial charge < -0.3 is 5.32 Å². The summed E-state index contributed by atoms with van der Waals surface area (Å²) in [5.74, 6) is -0.458. The van der Waals surface area contributed by atoms with Gasteiger partial charge >= 0.3 is 0 Å². The highest BCUT2D eigenvalue weighted by Gasteiger charge is 2.32. The number of benzene rings is 3. The number of para-hydroxylation sites is 1. The standard InChI is InChI=1S/C26H24N2O3S2/c1-18-14-15-22(16-19(18)2)28(3)33(30,31)25-23(20-10-6-4-7-11-20)17-32-24(25)26(29)27-21-12-8-5-9-13-21/h4-17H,1-3H3,(H,27,29). The first-order valence-electron chi connectivity index (χ1n) is 10.4. The lowest BCUT2D eigenvalue weighted by atomic mass is 10.1. The molecule has 0 saturated carbocycles. The molecule has 0 fully saturated rings. The largest absolute Gasteiger partial charge is 0.321 e. The fraction of sp³-hybridized carbons (Fsp3) is 0.115. The molecule has 1 aromatic heterocycles. The van der Waals surface area contributed by atoms with Crippen molar-refractivity contribution in [1.82, 2.24) is 0 Å². The van der Waals surface area contributed by atoms with Crippen LogP contribution in [0.15, 0.2) is 89.1 Å². The van der Waals surface area contributed by atoms with Crippen molar-refractivity contribution in [3.63, 3.8) is 0 Å². The van der Waals surface area contributed by atoms with Crippen LogP contribution in [-0.2, 0) is 10.0 Å². The van der Waals surface area contributed by atoms with E-state index in [2.05, 4.69) is 5.32 Å². The van der Waals surface area contributed by atoms with Gasteiger partial charge in [-0.15, -0.1) is 11.3 Å². The van der Waals surface area contributed by atoms with E-state index in [1.54, 1.807) is 23.6 Å². The molecule has 1 N–H and O–H groups in total. The fourth-order valence-electron chi connectivity index (χ4n) is 3.48. The zero-order valence-electron chi connectivity index (χ0n) is 18.6. The number of hydrogen-bond acceptors (Lipinski definition) is 4. The molecule has 7 heteroatoms. The van der Waals surface area contributed by atoms with Gasteiger partial charge in [-0.3, -0.25) is 9.10 Å². The average molecular weight is 477 g/mol. The quantitative estimate of drug-likeness (QED) is 0.365. The lowest BCUT2D eigenvalue weighted by Gasteiger charge is -2.22. The Balaban J connectivity index is 1.84. The molecular weight excluding hydrogens is 452 g/mol. The number of carbonyl (C=O) groups is 1. The SMILES string of the molecule is Cc1ccc(N(C)S(=O)(=O)c2c(-c3ccccc3)csc2C(=O)Nc2ccccc2)cc1C. The maximum absolute atomic E-state index is 13.9. The number of hydrogen-bond donors (Lipinski definition) is 1. The molecule has 3 aromatic carbocycles. The van der Waals surface area contributed by atoms with E-state index in [4.69, 9.17) is 0 Å². The van der Waals surface area contributed by atoms with Crippen LogP contribution in [0, 0.1) is 13.8 Å². The number of anilines is 2. The van der Waals surface area contributed by atoms with E-state index in [1.165, 1.54) is 11.4 Å². The van der Waals surface area contributed by atoms with Gasteiger partial charge in [-0.2, -0.15) is 0 Å². The number of rotatable bonds is 6. The van der Waals surface area contributed by atoms with Crippen LogP contribution in [0.4, 0.5) is 11.4 Å². The van der Waals surface area contributed by atoms with Gasteiger partial charge in [0.2, 0.25) is 0 Å². The molecule has 0 bridgehead atoms. The summed E-state index contributed by atoms with van der Waals surface area (Å²) >= 11 is 1.13. The molecule has 0 spiro atoms. The van der Waals surface area contributed by atoms with Crippen LogP contribution >= 0.6 is 11.3 Å². The van der Waals surface area contributed by atoms with E-state index < -0.39 is 15.9 Å². The Bertz CT molecular complexity index is 1400. The molecule has 0 radical (unpaired) electrons. The summed E-state index contributed by atoms with van der Waals surface area (Å²) in [6.07, 6.45) is 0. The Kier molecular flexibility index (Phi) is 6.35. The zero-order chi connectivity index (χ0) is 23.6. The summed E-state index contributed by atoms with van der Waals surface area (Å²) in [6, 6.07) is 23.8. The second-order valence-corrected chi connectivity index (χ2v) is 10.5. The van der Waals surface area contributed by atoms with Gasteiger partial charge in [0.25, 0.3) is 15.9 Å². The topological polar surface area (TPSA) is 66.5 Å². The Morgan fingerprint density at radius 3 is 2.15 bits per heavy atom. The van der Waals surface area contributed by atoms with Crippen molar-refractivity contribution in [1.29, 1.82) is 0 Å². The predicted molar refractivity (Wildman–Crippen MR) is 136 cm³/mol. The van der Waals surface area contributed by atoms with E-state index in [9.17, 15) is 13.2 Å². The molecule has 4 aromatic rings. The van der Waals surface area contributed by atoms with E-state index in [1.807, 2.05) is 74.5 Å². The molecule has 0 aliphatic heterocycles. The Morgan fingerprint density at radius 1 is 0.879 bits per heavy atom. The summed E-state index contributed by atoms with van der Waals surface area (Å²) in [5.41, 5.74) is 4.45. The van der Waals surface area contributed by atoms with Gasteiger partial charge in [0.1, 0.15) is 9.77 Å². The van der Waals surface area contributed by atoms with E-state index in [0.717, 1.165) is 28.0 Å². The number of nitrogens with one attached hydrogen (secondary N) is 1. The normalized spacial score (nSPS) is 11.2. The predicted octanol–water partition coefficient (Wildman–Crippen LogP) is 6.11. The lowest BCUT2D eigenvalue weighted by molar-refractivity contribution is 0.102. The second kappa shape index (κ2) is 9.21. The van der Waals surface area contributed by atoms with Crippen molar-refractivity contribution >= 4 is 38.6 Å². The third-order valence-corrected chi connectivity index (χ3v) is 8.52. The molecule has 5 nitrogen and oxygen atoms in total. The first-order chi connectivity index (χ1) is 15.8. The maximum atomic E-state index is 13.9. The second-order valence-electron chi connectivity index (χ2n) is 7.73. The van der Waals surface area contributed by atoms with Crippen LogP contribution in [0.5, 0.6) is 0 Å². The minimum absolute atomic E-state index is 0.00728. The highest BCUT2D eigenvalue weighted by atomic mass is 32.2. The molecule has 33 heavy (non-hydrogen) atoms. The number of thiophene rings is 1. The molecule has 0 saturated heterocycles. The number of amides is 1. The van der Waals surface area contributed by atoms with Gasteiger partial charge in [0.05, 0.1) is 5.69 Å². The molecule has 168 valence electrons. The number of carbonyl (C=O) groups excluding carboxylic acids is 1. The Labute approximate surface area is 198 Å². The summed E-state index contributed by atoms with van der Waals surface area (Å²) in [7, 11) is -2.52. The minimum Gasteiger partial charge on any atom is -0.321 e. The summed E-state index contributed by atoms with van der Waals surface area (Å²) in [5, 5.41) is 4.55. The molecular formula is C26H24N2O3S2. The molecule has 1 amide bonds. The van der Waals surface area contributed by atoms with Crippen LogP contribution < -0.4 is 9.62 Å². The lowest BCUT2D eigenvalue weighted by Crippen LogP contribution is -2.28. The Hall–Kier alpha value is -3.42. The molecule has 1 heterocycles. The highest BCUT2D eigenvalue weighted by molar-refractivity contribution is 7.93. The van der Waals surface area contributed by atoms with Gasteiger partial charge in [-0.05, 0) is 54.8 Å². The van der Waals surface area contributed by atoms with Crippen LogP contribution in [0.25, 0.3) is 11.1 Å². The van der Waals surface area contributed by atoms with Crippen molar-refractivity contribution < 1.29 is 13.2 Å². The Morgan fingerprint density at radius 2 is 1.52 bits per heavy atom. The molecule has 0 aliphatic rings. The number of nitrogens with zero attached hydrogens (tertiary/aromatic N) is 1. The van der Waals surface area contributed by atoms with Crippen LogP contribution in [0.2, 0.25) is 0 Å². The van der Waals surface area contributed by atoms with Crippen LogP contribution in [-0.4, -0.2) is 21.4 Å². The van der Waals surface area contributed by atoms with Crippen molar-refractivity contribution in [3.05, 3.63) is 100 Å². The highest BCUT2D eigenvalue weighted by Crippen LogP contribution is 2.38.